The van der Waals surface area contributed by atoms with Crippen molar-refractivity contribution in [2.24, 2.45) is 11.8 Å². The molecule has 0 fully saturated rings. The molecular formula is C20H18O5. The number of Topliss-reactive ketones (excluding diaryl/α,β-unsaturated/α-hetero) is 1. The van der Waals surface area contributed by atoms with Gasteiger partial charge in [0.2, 0.25) is 6.79 Å². The Labute approximate surface area is 145 Å². The molecule has 0 radical (unpaired) electrons. The lowest BCUT2D eigenvalue weighted by atomic mass is 9.62. The van der Waals surface area contributed by atoms with Crippen molar-refractivity contribution in [2.75, 3.05) is 6.79 Å². The molecular weight excluding hydrogens is 320 g/mol. The van der Waals surface area contributed by atoms with Gasteiger partial charge in [-0.15, -0.1) is 0 Å². The van der Waals surface area contributed by atoms with Gasteiger partial charge in [-0.05, 0) is 29.8 Å². The molecule has 0 aromatic heterocycles. The third kappa shape index (κ3) is 1.74. The van der Waals surface area contributed by atoms with Crippen LogP contribution < -0.4 is 14.2 Å². The van der Waals surface area contributed by atoms with E-state index in [0.717, 1.165) is 11.3 Å². The highest BCUT2D eigenvalue weighted by atomic mass is 16.7. The Morgan fingerprint density at radius 3 is 2.56 bits per heavy atom. The largest absolute Gasteiger partial charge is 0.488 e. The van der Waals surface area contributed by atoms with E-state index in [0.29, 0.717) is 34.8 Å². The van der Waals surface area contributed by atoms with Gasteiger partial charge < -0.3 is 19.3 Å². The molecule has 128 valence electrons. The molecule has 2 aliphatic heterocycles. The van der Waals surface area contributed by atoms with Gasteiger partial charge in [-0.1, -0.05) is 19.9 Å². The Morgan fingerprint density at radius 1 is 1.04 bits per heavy atom. The van der Waals surface area contributed by atoms with E-state index in [1.54, 1.807) is 6.07 Å². The lowest BCUT2D eigenvalue weighted by Gasteiger charge is -2.45. The van der Waals surface area contributed by atoms with Crippen LogP contribution in [0.15, 0.2) is 30.3 Å². The molecule has 0 saturated carbocycles. The van der Waals surface area contributed by atoms with Crippen LogP contribution in [0.4, 0.5) is 0 Å². The van der Waals surface area contributed by atoms with Crippen LogP contribution >= 0.6 is 0 Å². The highest BCUT2D eigenvalue weighted by Gasteiger charge is 2.51. The first-order valence-corrected chi connectivity index (χ1v) is 8.47. The number of carbonyl (C=O) groups is 1. The first kappa shape index (κ1) is 14.8. The normalized spacial score (nSPS) is 28.7. The van der Waals surface area contributed by atoms with Crippen LogP contribution in [0.1, 0.15) is 40.9 Å². The monoisotopic (exact) mass is 338 g/mol. The molecule has 0 spiro atoms. The molecule has 0 saturated heterocycles. The van der Waals surface area contributed by atoms with Gasteiger partial charge >= 0.3 is 0 Å². The SMILES string of the molecule is CC1C(=O)c2ccc3c(c2C(O)(c2ccc4c(c2)OCO4)C1C)CO3. The average molecular weight is 338 g/mol. The summed E-state index contributed by atoms with van der Waals surface area (Å²) in [5.74, 6) is 1.54. The molecule has 5 rings (SSSR count). The maximum atomic E-state index is 12.8. The fourth-order valence-electron chi connectivity index (χ4n) is 4.22. The predicted octanol–water partition coefficient (Wildman–Crippen LogP) is 3.01. The molecule has 3 unspecified atom stereocenters. The van der Waals surface area contributed by atoms with Gasteiger partial charge in [0.1, 0.15) is 18.0 Å². The number of ether oxygens (including phenoxy) is 3. The summed E-state index contributed by atoms with van der Waals surface area (Å²) >= 11 is 0. The summed E-state index contributed by atoms with van der Waals surface area (Å²) in [5, 5.41) is 11.9. The van der Waals surface area contributed by atoms with Crippen molar-refractivity contribution in [3.8, 4) is 17.2 Å². The number of fused-ring (bicyclic) bond motifs is 4. The number of aliphatic hydroxyl groups is 1. The molecule has 0 bridgehead atoms. The topological polar surface area (TPSA) is 65.0 Å². The third-order valence-electron chi connectivity index (χ3n) is 5.92. The van der Waals surface area contributed by atoms with E-state index in [-0.39, 0.29) is 24.4 Å². The zero-order valence-electron chi connectivity index (χ0n) is 14.0. The van der Waals surface area contributed by atoms with Gasteiger partial charge in [-0.2, -0.15) is 0 Å². The van der Waals surface area contributed by atoms with Gasteiger partial charge in [-0.25, -0.2) is 0 Å². The highest BCUT2D eigenvalue weighted by molar-refractivity contribution is 6.02. The lowest BCUT2D eigenvalue weighted by molar-refractivity contribution is -0.00812. The molecule has 5 nitrogen and oxygen atoms in total. The molecule has 2 heterocycles. The summed E-state index contributed by atoms with van der Waals surface area (Å²) in [6.07, 6.45) is 0. The fraction of sp³-hybridized carbons (Fsp3) is 0.350. The maximum absolute atomic E-state index is 12.8. The summed E-state index contributed by atoms with van der Waals surface area (Å²) < 4.78 is 16.3. The fourth-order valence-corrected chi connectivity index (χ4v) is 4.22. The molecule has 1 aliphatic carbocycles. The second-order valence-electron chi connectivity index (χ2n) is 7.03. The lowest BCUT2D eigenvalue weighted by Crippen LogP contribution is -2.47. The molecule has 5 heteroatoms. The van der Waals surface area contributed by atoms with E-state index in [9.17, 15) is 9.90 Å². The smallest absolute Gasteiger partial charge is 0.231 e. The Kier molecular flexibility index (Phi) is 2.82. The van der Waals surface area contributed by atoms with Gasteiger partial charge in [0.25, 0.3) is 0 Å². The molecule has 2 aromatic carbocycles. The average Bonchev–Trinajstić information content (AvgIpc) is 3.06. The van der Waals surface area contributed by atoms with Crippen LogP contribution in [0.3, 0.4) is 0 Å². The minimum Gasteiger partial charge on any atom is -0.488 e. The second-order valence-corrected chi connectivity index (χ2v) is 7.03. The summed E-state index contributed by atoms with van der Waals surface area (Å²) in [4.78, 5) is 12.8. The molecule has 3 atom stereocenters. The summed E-state index contributed by atoms with van der Waals surface area (Å²) in [7, 11) is 0. The Hall–Kier alpha value is -2.53. The van der Waals surface area contributed by atoms with Crippen molar-refractivity contribution in [1.29, 1.82) is 0 Å². The summed E-state index contributed by atoms with van der Waals surface area (Å²) in [6.45, 7) is 4.40. The third-order valence-corrected chi connectivity index (χ3v) is 5.92. The van der Waals surface area contributed by atoms with Crippen molar-refractivity contribution < 1.29 is 24.1 Å². The van der Waals surface area contributed by atoms with E-state index in [1.807, 2.05) is 38.1 Å². The van der Waals surface area contributed by atoms with Crippen LogP contribution in [-0.2, 0) is 12.2 Å². The number of hydrogen-bond donors (Lipinski definition) is 1. The Balaban J connectivity index is 1.79. The number of hydrogen-bond acceptors (Lipinski definition) is 5. The number of carbonyl (C=O) groups excluding carboxylic acids is 1. The predicted molar refractivity (Wildman–Crippen MR) is 89.0 cm³/mol. The van der Waals surface area contributed by atoms with Crippen LogP contribution in [0.2, 0.25) is 0 Å². The van der Waals surface area contributed by atoms with E-state index >= 15 is 0 Å². The van der Waals surface area contributed by atoms with E-state index in [4.69, 9.17) is 14.2 Å². The minimum absolute atomic E-state index is 0.0719. The first-order valence-electron chi connectivity index (χ1n) is 8.47. The molecule has 25 heavy (non-hydrogen) atoms. The molecule has 1 N–H and O–H groups in total. The van der Waals surface area contributed by atoms with Gasteiger partial charge in [0, 0.05) is 28.5 Å². The molecule has 2 aromatic rings. The van der Waals surface area contributed by atoms with Crippen molar-refractivity contribution in [2.45, 2.75) is 26.1 Å². The van der Waals surface area contributed by atoms with E-state index in [2.05, 4.69) is 0 Å². The summed E-state index contributed by atoms with van der Waals surface area (Å²) in [5.41, 5.74) is 1.63. The zero-order chi connectivity index (χ0) is 17.3. The maximum Gasteiger partial charge on any atom is 0.231 e. The molecule has 0 amide bonds. The van der Waals surface area contributed by atoms with E-state index in [1.165, 1.54) is 0 Å². The highest BCUT2D eigenvalue weighted by Crippen LogP contribution is 2.52. The zero-order valence-corrected chi connectivity index (χ0v) is 14.0. The van der Waals surface area contributed by atoms with Crippen LogP contribution in [0.5, 0.6) is 17.2 Å². The quantitative estimate of drug-likeness (QED) is 0.866. The van der Waals surface area contributed by atoms with Crippen molar-refractivity contribution in [3.05, 3.63) is 52.6 Å². The van der Waals surface area contributed by atoms with Gasteiger partial charge in [0.05, 0.1) is 0 Å². The number of ketones is 1. The Morgan fingerprint density at radius 2 is 1.80 bits per heavy atom. The van der Waals surface area contributed by atoms with Gasteiger partial charge in [-0.3, -0.25) is 4.79 Å². The number of benzene rings is 2. The van der Waals surface area contributed by atoms with Crippen LogP contribution in [0, 0.1) is 11.8 Å². The van der Waals surface area contributed by atoms with Crippen molar-refractivity contribution in [3.63, 3.8) is 0 Å². The van der Waals surface area contributed by atoms with E-state index < -0.39 is 5.60 Å². The second kappa shape index (κ2) is 4.76. The standard InChI is InChI=1S/C20H18O5/c1-10-11(2)20(22,12-3-5-16-17(7-12)25-9-24-16)18-13(19(10)21)4-6-15-14(18)8-23-15/h3-7,10-11,22H,8-9H2,1-2H3. The van der Waals surface area contributed by atoms with Crippen LogP contribution in [-0.4, -0.2) is 17.7 Å². The first-order chi connectivity index (χ1) is 12.0. The minimum atomic E-state index is -1.28. The van der Waals surface area contributed by atoms with Crippen molar-refractivity contribution in [1.82, 2.24) is 0 Å². The Bertz CT molecular complexity index is 919. The summed E-state index contributed by atoms with van der Waals surface area (Å²) in [6, 6.07) is 9.09. The number of rotatable bonds is 1. The van der Waals surface area contributed by atoms with Gasteiger partial charge in [0.15, 0.2) is 17.3 Å². The van der Waals surface area contributed by atoms with Crippen LogP contribution in [0.25, 0.3) is 0 Å². The molecule has 3 aliphatic rings. The van der Waals surface area contributed by atoms with Crippen molar-refractivity contribution >= 4 is 5.78 Å².